The molecule has 0 aliphatic heterocycles. The van der Waals surface area contributed by atoms with Crippen molar-refractivity contribution in [2.75, 3.05) is 0 Å². The van der Waals surface area contributed by atoms with Crippen LogP contribution in [0.3, 0.4) is 0 Å². The van der Waals surface area contributed by atoms with Gasteiger partial charge in [-0.2, -0.15) is 0 Å². The standard InChI is InChI=1S/C12H15Cl2NO3/c1-6(2)10(16)11(18-12(15)17)9-7(13)4-3-5-8(9)14/h3-6,10-11,16H,1-2H3,(H2,15,17)/t10-,11-/m0/s1. The summed E-state index contributed by atoms with van der Waals surface area (Å²) in [5, 5.41) is 10.7. The summed E-state index contributed by atoms with van der Waals surface area (Å²) in [5.74, 6) is -0.151. The zero-order valence-electron chi connectivity index (χ0n) is 10.1. The number of primary amides is 1. The van der Waals surface area contributed by atoms with Crippen molar-refractivity contribution in [2.45, 2.75) is 26.1 Å². The molecule has 1 amide bonds. The molecule has 4 nitrogen and oxygen atoms in total. The van der Waals surface area contributed by atoms with Crippen LogP contribution in [0.5, 0.6) is 0 Å². The van der Waals surface area contributed by atoms with E-state index < -0.39 is 18.3 Å². The molecule has 0 spiro atoms. The number of carbonyl (C=O) groups is 1. The van der Waals surface area contributed by atoms with Gasteiger partial charge in [0, 0.05) is 15.6 Å². The van der Waals surface area contributed by atoms with Crippen LogP contribution in [0.1, 0.15) is 25.5 Å². The molecule has 0 radical (unpaired) electrons. The molecule has 0 aromatic heterocycles. The van der Waals surface area contributed by atoms with Crippen LogP contribution in [-0.4, -0.2) is 17.3 Å². The number of aliphatic hydroxyl groups excluding tert-OH is 1. The number of hydrogen-bond donors (Lipinski definition) is 2. The smallest absolute Gasteiger partial charge is 0.405 e. The summed E-state index contributed by atoms with van der Waals surface area (Å²) in [7, 11) is 0. The van der Waals surface area contributed by atoms with Crippen LogP contribution in [0.4, 0.5) is 4.79 Å². The average molecular weight is 292 g/mol. The molecule has 0 unspecified atom stereocenters. The van der Waals surface area contributed by atoms with Gasteiger partial charge in [-0.05, 0) is 18.1 Å². The Morgan fingerprint density at radius 3 is 2.22 bits per heavy atom. The Bertz CT molecular complexity index is 417. The molecule has 1 aromatic carbocycles. The fourth-order valence-corrected chi connectivity index (χ4v) is 2.17. The monoisotopic (exact) mass is 291 g/mol. The molecule has 18 heavy (non-hydrogen) atoms. The lowest BCUT2D eigenvalue weighted by Crippen LogP contribution is -2.30. The minimum absolute atomic E-state index is 0.151. The lowest BCUT2D eigenvalue weighted by Gasteiger charge is -2.26. The van der Waals surface area contributed by atoms with Gasteiger partial charge in [0.05, 0.1) is 6.10 Å². The van der Waals surface area contributed by atoms with E-state index in [4.69, 9.17) is 33.7 Å². The molecular weight excluding hydrogens is 277 g/mol. The van der Waals surface area contributed by atoms with E-state index in [0.29, 0.717) is 15.6 Å². The van der Waals surface area contributed by atoms with Gasteiger partial charge in [0.15, 0.2) is 6.10 Å². The summed E-state index contributed by atoms with van der Waals surface area (Å²) in [6, 6.07) is 4.87. The van der Waals surface area contributed by atoms with Crippen LogP contribution >= 0.6 is 23.2 Å². The number of benzene rings is 1. The van der Waals surface area contributed by atoms with Crippen molar-refractivity contribution in [3.8, 4) is 0 Å². The molecule has 0 saturated carbocycles. The first-order valence-electron chi connectivity index (χ1n) is 5.42. The van der Waals surface area contributed by atoms with Crippen LogP contribution in [0.2, 0.25) is 10.0 Å². The highest BCUT2D eigenvalue weighted by Gasteiger charge is 2.30. The van der Waals surface area contributed by atoms with Gasteiger partial charge in [0.2, 0.25) is 0 Å². The average Bonchev–Trinajstić information content (AvgIpc) is 2.25. The van der Waals surface area contributed by atoms with Crippen molar-refractivity contribution >= 4 is 29.3 Å². The van der Waals surface area contributed by atoms with Crippen molar-refractivity contribution in [1.82, 2.24) is 0 Å². The number of ether oxygens (including phenoxy) is 1. The lowest BCUT2D eigenvalue weighted by molar-refractivity contribution is -0.0184. The Labute approximate surface area is 116 Å². The first kappa shape index (κ1) is 15.1. The van der Waals surface area contributed by atoms with Crippen molar-refractivity contribution < 1.29 is 14.6 Å². The molecule has 6 heteroatoms. The minimum Gasteiger partial charge on any atom is -0.439 e. The second-order valence-electron chi connectivity index (χ2n) is 4.23. The van der Waals surface area contributed by atoms with Gasteiger partial charge in [-0.1, -0.05) is 43.1 Å². The Kier molecular flexibility index (Phi) is 5.26. The van der Waals surface area contributed by atoms with E-state index in [9.17, 15) is 9.90 Å². The molecule has 100 valence electrons. The van der Waals surface area contributed by atoms with Crippen LogP contribution in [0, 0.1) is 5.92 Å². The SMILES string of the molecule is CC(C)[C@H](O)[C@@H](OC(N)=O)c1c(Cl)cccc1Cl. The number of carbonyl (C=O) groups excluding carboxylic acids is 1. The van der Waals surface area contributed by atoms with E-state index in [1.807, 2.05) is 0 Å². The van der Waals surface area contributed by atoms with Gasteiger partial charge in [0.1, 0.15) is 0 Å². The van der Waals surface area contributed by atoms with Crippen LogP contribution in [0.15, 0.2) is 18.2 Å². The number of halogens is 2. The summed E-state index contributed by atoms with van der Waals surface area (Å²) in [6.07, 6.45) is -2.92. The van der Waals surface area contributed by atoms with E-state index in [2.05, 4.69) is 0 Å². The van der Waals surface area contributed by atoms with E-state index >= 15 is 0 Å². The molecule has 0 aliphatic rings. The number of amides is 1. The third kappa shape index (κ3) is 3.51. The summed E-state index contributed by atoms with van der Waals surface area (Å²) in [5.41, 5.74) is 5.37. The number of hydrogen-bond acceptors (Lipinski definition) is 3. The normalized spacial score (nSPS) is 14.3. The second kappa shape index (κ2) is 6.27. The molecule has 0 heterocycles. The summed E-state index contributed by atoms with van der Waals surface area (Å²) >= 11 is 12.1. The number of nitrogens with two attached hydrogens (primary N) is 1. The molecule has 1 rings (SSSR count). The van der Waals surface area contributed by atoms with Gasteiger partial charge >= 0.3 is 6.09 Å². The van der Waals surface area contributed by atoms with Crippen LogP contribution in [0.25, 0.3) is 0 Å². The Morgan fingerprint density at radius 2 is 1.83 bits per heavy atom. The van der Waals surface area contributed by atoms with E-state index in [-0.39, 0.29) is 5.92 Å². The fraction of sp³-hybridized carbons (Fsp3) is 0.417. The predicted octanol–water partition coefficient (Wildman–Crippen LogP) is 3.15. The van der Waals surface area contributed by atoms with Gasteiger partial charge in [-0.15, -0.1) is 0 Å². The third-order valence-corrected chi connectivity index (χ3v) is 3.18. The molecular formula is C12H15Cl2NO3. The Hall–Kier alpha value is -0.970. The first-order chi connectivity index (χ1) is 8.34. The van der Waals surface area contributed by atoms with Crippen molar-refractivity contribution in [1.29, 1.82) is 0 Å². The van der Waals surface area contributed by atoms with Gasteiger partial charge < -0.3 is 15.6 Å². The molecule has 1 aromatic rings. The molecule has 0 fully saturated rings. The maximum absolute atomic E-state index is 10.9. The van der Waals surface area contributed by atoms with Crippen molar-refractivity contribution in [2.24, 2.45) is 11.7 Å². The molecule has 3 N–H and O–H groups in total. The molecule has 2 atom stereocenters. The largest absolute Gasteiger partial charge is 0.439 e. The summed E-state index contributed by atoms with van der Waals surface area (Å²) < 4.78 is 4.94. The Morgan fingerprint density at radius 1 is 1.33 bits per heavy atom. The zero-order valence-corrected chi connectivity index (χ0v) is 11.6. The third-order valence-electron chi connectivity index (χ3n) is 2.52. The Balaban J connectivity index is 3.21. The topological polar surface area (TPSA) is 72.6 Å². The highest BCUT2D eigenvalue weighted by molar-refractivity contribution is 6.36. The van der Waals surface area contributed by atoms with E-state index in [1.165, 1.54) is 0 Å². The number of rotatable bonds is 4. The predicted molar refractivity (Wildman–Crippen MR) is 70.7 cm³/mol. The summed E-state index contributed by atoms with van der Waals surface area (Å²) in [4.78, 5) is 10.9. The fourth-order valence-electron chi connectivity index (χ4n) is 1.56. The van der Waals surface area contributed by atoms with Gasteiger partial charge in [-0.3, -0.25) is 0 Å². The van der Waals surface area contributed by atoms with Crippen LogP contribution < -0.4 is 5.73 Å². The van der Waals surface area contributed by atoms with Gasteiger partial charge in [0.25, 0.3) is 0 Å². The maximum atomic E-state index is 10.9. The molecule has 0 aliphatic carbocycles. The van der Waals surface area contributed by atoms with Crippen molar-refractivity contribution in [3.05, 3.63) is 33.8 Å². The zero-order chi connectivity index (χ0) is 13.9. The van der Waals surface area contributed by atoms with E-state index in [1.54, 1.807) is 32.0 Å². The first-order valence-corrected chi connectivity index (χ1v) is 6.18. The van der Waals surface area contributed by atoms with E-state index in [0.717, 1.165) is 0 Å². The molecule has 0 saturated heterocycles. The lowest BCUT2D eigenvalue weighted by atomic mass is 9.96. The van der Waals surface area contributed by atoms with Crippen LogP contribution in [-0.2, 0) is 4.74 Å². The highest BCUT2D eigenvalue weighted by atomic mass is 35.5. The quantitative estimate of drug-likeness (QED) is 0.895. The second-order valence-corrected chi connectivity index (χ2v) is 5.04. The van der Waals surface area contributed by atoms with Gasteiger partial charge in [-0.25, -0.2) is 4.79 Å². The van der Waals surface area contributed by atoms with Crippen molar-refractivity contribution in [3.63, 3.8) is 0 Å². The maximum Gasteiger partial charge on any atom is 0.405 e. The number of aliphatic hydroxyl groups is 1. The molecule has 0 bridgehead atoms. The summed E-state index contributed by atoms with van der Waals surface area (Å²) in [6.45, 7) is 3.57. The minimum atomic E-state index is -0.990. The highest BCUT2D eigenvalue weighted by Crippen LogP contribution is 2.36.